The maximum absolute atomic E-state index is 6.18. The van der Waals surface area contributed by atoms with E-state index in [1.165, 1.54) is 11.1 Å². The van der Waals surface area contributed by atoms with Gasteiger partial charge in [-0.3, -0.25) is 0 Å². The van der Waals surface area contributed by atoms with E-state index in [1.807, 2.05) is 18.5 Å². The van der Waals surface area contributed by atoms with Gasteiger partial charge >= 0.3 is 0 Å². The third kappa shape index (κ3) is 2.26. The van der Waals surface area contributed by atoms with Crippen LogP contribution in [0.5, 0.6) is 0 Å². The van der Waals surface area contributed by atoms with Crippen molar-refractivity contribution in [1.82, 2.24) is 9.78 Å². The fourth-order valence-corrected chi connectivity index (χ4v) is 2.45. The summed E-state index contributed by atoms with van der Waals surface area (Å²) >= 11 is 9.70. The molecular weight excluding hydrogens is 300 g/mol. The predicted molar refractivity (Wildman–Crippen MR) is 75.4 cm³/mol. The summed E-state index contributed by atoms with van der Waals surface area (Å²) in [5, 5.41) is 6.03. The number of hydrogen-bond donors (Lipinski definition) is 0. The highest BCUT2D eigenvalue weighted by Gasteiger charge is 2.13. The van der Waals surface area contributed by atoms with Gasteiger partial charge < -0.3 is 0 Å². The number of benzene rings is 1. The number of aromatic nitrogens is 2. The Bertz CT molecular complexity index is 561. The second-order valence-electron chi connectivity index (χ2n) is 4.16. The van der Waals surface area contributed by atoms with Gasteiger partial charge in [-0.25, -0.2) is 4.68 Å². The molecule has 2 nitrogen and oxygen atoms in total. The van der Waals surface area contributed by atoms with Crippen molar-refractivity contribution in [2.24, 2.45) is 0 Å². The van der Waals surface area contributed by atoms with E-state index in [1.54, 1.807) is 0 Å². The van der Waals surface area contributed by atoms with Gasteiger partial charge in [-0.2, -0.15) is 5.10 Å². The SMILES string of the molecule is Cc1ccc(-n2nc(C)c(Cl)c2C)c(CBr)c1. The first-order valence-electron chi connectivity index (χ1n) is 5.42. The van der Waals surface area contributed by atoms with Crippen LogP contribution in [0, 0.1) is 20.8 Å². The molecule has 17 heavy (non-hydrogen) atoms. The van der Waals surface area contributed by atoms with Crippen molar-refractivity contribution in [2.45, 2.75) is 26.1 Å². The molecule has 90 valence electrons. The van der Waals surface area contributed by atoms with Gasteiger partial charge in [0.25, 0.3) is 0 Å². The topological polar surface area (TPSA) is 17.8 Å². The van der Waals surface area contributed by atoms with E-state index >= 15 is 0 Å². The molecule has 0 aliphatic rings. The Hall–Kier alpha value is -0.800. The van der Waals surface area contributed by atoms with E-state index in [0.29, 0.717) is 0 Å². The summed E-state index contributed by atoms with van der Waals surface area (Å²) in [5.41, 5.74) is 5.39. The van der Waals surface area contributed by atoms with Crippen LogP contribution in [0.2, 0.25) is 5.02 Å². The number of halogens is 2. The van der Waals surface area contributed by atoms with E-state index in [9.17, 15) is 0 Å². The molecule has 0 radical (unpaired) electrons. The second kappa shape index (κ2) is 4.83. The maximum atomic E-state index is 6.18. The van der Waals surface area contributed by atoms with E-state index in [0.717, 1.165) is 27.4 Å². The quantitative estimate of drug-likeness (QED) is 0.754. The van der Waals surface area contributed by atoms with Crippen LogP contribution in [-0.2, 0) is 5.33 Å². The number of hydrogen-bond acceptors (Lipinski definition) is 1. The minimum Gasteiger partial charge on any atom is -0.236 e. The van der Waals surface area contributed by atoms with Crippen LogP contribution in [0.4, 0.5) is 0 Å². The van der Waals surface area contributed by atoms with E-state index in [4.69, 9.17) is 11.6 Å². The molecule has 0 saturated heterocycles. The highest BCUT2D eigenvalue weighted by atomic mass is 79.9. The normalized spacial score (nSPS) is 10.9. The van der Waals surface area contributed by atoms with Gasteiger partial charge in [-0.15, -0.1) is 0 Å². The standard InChI is InChI=1S/C13H14BrClN2/c1-8-4-5-12(11(6-8)7-14)17-10(3)13(15)9(2)16-17/h4-6H,7H2,1-3H3. The molecule has 0 bridgehead atoms. The summed E-state index contributed by atoms with van der Waals surface area (Å²) in [6.07, 6.45) is 0. The van der Waals surface area contributed by atoms with E-state index in [2.05, 4.69) is 46.2 Å². The van der Waals surface area contributed by atoms with Crippen molar-refractivity contribution in [3.63, 3.8) is 0 Å². The lowest BCUT2D eigenvalue weighted by Gasteiger charge is -2.10. The van der Waals surface area contributed by atoms with Gasteiger partial charge in [-0.1, -0.05) is 45.2 Å². The molecule has 4 heteroatoms. The lowest BCUT2D eigenvalue weighted by Crippen LogP contribution is -2.02. The maximum Gasteiger partial charge on any atom is 0.0848 e. The highest BCUT2D eigenvalue weighted by Crippen LogP contribution is 2.25. The lowest BCUT2D eigenvalue weighted by molar-refractivity contribution is 0.826. The number of nitrogens with zero attached hydrogens (tertiary/aromatic N) is 2. The fourth-order valence-electron chi connectivity index (χ4n) is 1.89. The molecule has 0 atom stereocenters. The molecule has 0 amide bonds. The summed E-state index contributed by atoms with van der Waals surface area (Å²) in [7, 11) is 0. The summed E-state index contributed by atoms with van der Waals surface area (Å²) in [5.74, 6) is 0. The van der Waals surface area contributed by atoms with Crippen molar-refractivity contribution in [3.05, 3.63) is 45.7 Å². The third-order valence-electron chi connectivity index (χ3n) is 2.81. The first-order chi connectivity index (χ1) is 8.04. The van der Waals surface area contributed by atoms with Crippen molar-refractivity contribution >= 4 is 27.5 Å². The zero-order valence-electron chi connectivity index (χ0n) is 10.1. The molecule has 0 aliphatic carbocycles. The van der Waals surface area contributed by atoms with Crippen molar-refractivity contribution in [1.29, 1.82) is 0 Å². The van der Waals surface area contributed by atoms with Crippen LogP contribution in [0.15, 0.2) is 18.2 Å². The largest absolute Gasteiger partial charge is 0.236 e. The molecule has 0 unspecified atom stereocenters. The molecule has 0 N–H and O–H groups in total. The molecule has 0 fully saturated rings. The molecule has 1 heterocycles. The lowest BCUT2D eigenvalue weighted by atomic mass is 10.1. The number of alkyl halides is 1. The molecule has 2 aromatic rings. The van der Waals surface area contributed by atoms with Crippen LogP contribution in [0.1, 0.15) is 22.5 Å². The number of rotatable bonds is 2. The Balaban J connectivity index is 2.64. The molecule has 0 spiro atoms. The van der Waals surface area contributed by atoms with E-state index < -0.39 is 0 Å². The van der Waals surface area contributed by atoms with Crippen LogP contribution in [-0.4, -0.2) is 9.78 Å². The van der Waals surface area contributed by atoms with Gasteiger partial charge in [-0.05, 0) is 32.4 Å². The Morgan fingerprint density at radius 3 is 2.53 bits per heavy atom. The monoisotopic (exact) mass is 312 g/mol. The summed E-state index contributed by atoms with van der Waals surface area (Å²) in [4.78, 5) is 0. The Kier molecular flexibility index (Phi) is 3.59. The predicted octanol–water partition coefficient (Wildman–Crippen LogP) is 4.35. The van der Waals surface area contributed by atoms with Gasteiger partial charge in [0.2, 0.25) is 0 Å². The Labute approximate surface area is 115 Å². The van der Waals surface area contributed by atoms with Crippen molar-refractivity contribution < 1.29 is 0 Å². The van der Waals surface area contributed by atoms with E-state index in [-0.39, 0.29) is 0 Å². The third-order valence-corrected chi connectivity index (χ3v) is 3.96. The zero-order valence-corrected chi connectivity index (χ0v) is 12.4. The summed E-state index contributed by atoms with van der Waals surface area (Å²) < 4.78 is 1.91. The molecule has 2 rings (SSSR count). The number of aryl methyl sites for hydroxylation is 2. The van der Waals surface area contributed by atoms with Crippen LogP contribution >= 0.6 is 27.5 Å². The molecule has 0 aliphatic heterocycles. The minimum absolute atomic E-state index is 0.742. The summed E-state index contributed by atoms with van der Waals surface area (Å²) in [6, 6.07) is 6.34. The smallest absolute Gasteiger partial charge is 0.0848 e. The molecule has 0 saturated carbocycles. The van der Waals surface area contributed by atoms with Gasteiger partial charge in [0.1, 0.15) is 0 Å². The first kappa shape index (κ1) is 12.7. The second-order valence-corrected chi connectivity index (χ2v) is 5.10. The molecular formula is C13H14BrClN2. The van der Waals surface area contributed by atoms with Gasteiger partial charge in [0.15, 0.2) is 0 Å². The van der Waals surface area contributed by atoms with Crippen LogP contribution < -0.4 is 0 Å². The van der Waals surface area contributed by atoms with Crippen LogP contribution in [0.3, 0.4) is 0 Å². The zero-order chi connectivity index (χ0) is 12.6. The molecule has 1 aromatic heterocycles. The first-order valence-corrected chi connectivity index (χ1v) is 6.92. The Morgan fingerprint density at radius 2 is 2.00 bits per heavy atom. The Morgan fingerprint density at radius 1 is 1.29 bits per heavy atom. The molecule has 1 aromatic carbocycles. The van der Waals surface area contributed by atoms with Crippen LogP contribution in [0.25, 0.3) is 5.69 Å². The van der Waals surface area contributed by atoms with Gasteiger partial charge in [0.05, 0.1) is 22.1 Å². The van der Waals surface area contributed by atoms with Gasteiger partial charge in [0, 0.05) is 5.33 Å². The average molecular weight is 314 g/mol. The summed E-state index contributed by atoms with van der Waals surface area (Å²) in [6.45, 7) is 6.00. The van der Waals surface area contributed by atoms with Crippen molar-refractivity contribution in [2.75, 3.05) is 0 Å². The fraction of sp³-hybridized carbons (Fsp3) is 0.308. The highest BCUT2D eigenvalue weighted by molar-refractivity contribution is 9.08. The average Bonchev–Trinajstić information content (AvgIpc) is 2.57. The van der Waals surface area contributed by atoms with Crippen molar-refractivity contribution in [3.8, 4) is 5.69 Å². The minimum atomic E-state index is 0.742.